The minimum absolute atomic E-state index is 0.0786. The Hall–Kier alpha value is -2.83. The zero-order valence-corrected chi connectivity index (χ0v) is 18.3. The summed E-state index contributed by atoms with van der Waals surface area (Å²) >= 11 is 0. The van der Waals surface area contributed by atoms with Crippen molar-refractivity contribution in [2.75, 3.05) is 41.8 Å². The molecule has 2 aliphatic rings. The molecular formula is C23H32N6O. The van der Waals surface area contributed by atoms with Gasteiger partial charge in [-0.3, -0.25) is 0 Å². The van der Waals surface area contributed by atoms with Crippen molar-refractivity contribution < 1.29 is 4.79 Å². The summed E-state index contributed by atoms with van der Waals surface area (Å²) in [7, 11) is 2.08. The average molecular weight is 409 g/mol. The van der Waals surface area contributed by atoms with Crippen molar-refractivity contribution in [3.8, 4) is 0 Å². The van der Waals surface area contributed by atoms with Crippen LogP contribution >= 0.6 is 0 Å². The Kier molecular flexibility index (Phi) is 6.06. The number of carbonyl (C=O) groups is 1. The smallest absolute Gasteiger partial charge is 0.322 e. The lowest BCUT2D eigenvalue weighted by molar-refractivity contribution is 0.206. The quantitative estimate of drug-likeness (QED) is 0.831. The van der Waals surface area contributed by atoms with Gasteiger partial charge in [0, 0.05) is 50.4 Å². The third-order valence-corrected chi connectivity index (χ3v) is 6.09. The van der Waals surface area contributed by atoms with Gasteiger partial charge in [0.25, 0.3) is 0 Å². The van der Waals surface area contributed by atoms with Crippen molar-refractivity contribution in [2.45, 2.75) is 52.1 Å². The van der Waals surface area contributed by atoms with Crippen LogP contribution in [0.15, 0.2) is 30.3 Å². The summed E-state index contributed by atoms with van der Waals surface area (Å²) in [6, 6.07) is 9.83. The van der Waals surface area contributed by atoms with Gasteiger partial charge >= 0.3 is 6.03 Å². The number of hydrogen-bond acceptors (Lipinski definition) is 5. The molecule has 4 rings (SSSR count). The van der Waals surface area contributed by atoms with E-state index >= 15 is 0 Å². The number of para-hydroxylation sites is 1. The predicted molar refractivity (Wildman–Crippen MR) is 121 cm³/mol. The van der Waals surface area contributed by atoms with Crippen molar-refractivity contribution in [1.29, 1.82) is 0 Å². The highest BCUT2D eigenvalue weighted by atomic mass is 16.2. The number of fused-ring (bicyclic) bond motifs is 1. The van der Waals surface area contributed by atoms with Crippen LogP contribution in [0.3, 0.4) is 0 Å². The molecule has 0 saturated carbocycles. The highest BCUT2D eigenvalue weighted by Crippen LogP contribution is 2.30. The third kappa shape index (κ3) is 4.35. The number of amides is 2. The molecule has 0 spiro atoms. The molecule has 0 bridgehead atoms. The van der Waals surface area contributed by atoms with Crippen molar-refractivity contribution in [3.05, 3.63) is 41.6 Å². The van der Waals surface area contributed by atoms with E-state index in [4.69, 9.17) is 9.97 Å². The van der Waals surface area contributed by atoms with E-state index in [1.54, 1.807) is 0 Å². The zero-order chi connectivity index (χ0) is 21.1. The van der Waals surface area contributed by atoms with Crippen molar-refractivity contribution in [2.24, 2.45) is 0 Å². The van der Waals surface area contributed by atoms with Gasteiger partial charge < -0.3 is 20.0 Å². The van der Waals surface area contributed by atoms with Gasteiger partial charge in [0.05, 0.1) is 12.2 Å². The summed E-state index contributed by atoms with van der Waals surface area (Å²) < 4.78 is 0. The van der Waals surface area contributed by atoms with Crippen molar-refractivity contribution in [1.82, 2.24) is 14.9 Å². The lowest BCUT2D eigenvalue weighted by atomic mass is 10.1. The van der Waals surface area contributed by atoms with Crippen LogP contribution in [0.1, 0.15) is 44.4 Å². The van der Waals surface area contributed by atoms with E-state index in [0.29, 0.717) is 19.1 Å². The maximum atomic E-state index is 12.9. The Bertz CT molecular complexity index is 879. The number of hydrogen-bond donors (Lipinski definition) is 1. The lowest BCUT2D eigenvalue weighted by Crippen LogP contribution is -2.41. The Morgan fingerprint density at radius 1 is 1.07 bits per heavy atom. The Morgan fingerprint density at radius 2 is 1.80 bits per heavy atom. The van der Waals surface area contributed by atoms with E-state index in [1.807, 2.05) is 35.2 Å². The van der Waals surface area contributed by atoms with Crippen LogP contribution in [-0.4, -0.2) is 53.6 Å². The van der Waals surface area contributed by atoms with Gasteiger partial charge in [-0.2, -0.15) is 4.98 Å². The number of nitrogens with one attached hydrogen (secondary N) is 1. The van der Waals surface area contributed by atoms with E-state index in [9.17, 15) is 4.79 Å². The number of rotatable bonds is 4. The molecule has 1 aromatic heterocycles. The molecule has 0 unspecified atom stereocenters. The van der Waals surface area contributed by atoms with Crippen LogP contribution in [0, 0.1) is 0 Å². The Balaban J connectivity index is 1.60. The minimum atomic E-state index is -0.0786. The van der Waals surface area contributed by atoms with Crippen molar-refractivity contribution in [3.63, 3.8) is 0 Å². The standard InChI is InChI=1S/C23H32N6O/c1-17(2)27(3)21-19-16-29(23(30)24-18-10-6-4-7-11-18)15-12-20(19)25-22(26-21)28-13-8-5-9-14-28/h4,6-7,10-11,17H,5,8-9,12-16H2,1-3H3,(H,24,30). The fraction of sp³-hybridized carbons (Fsp3) is 0.522. The number of benzene rings is 1. The number of carbonyl (C=O) groups excluding carboxylic acids is 1. The highest BCUT2D eigenvalue weighted by molar-refractivity contribution is 5.89. The average Bonchev–Trinajstić information content (AvgIpc) is 2.78. The molecule has 0 radical (unpaired) electrons. The second kappa shape index (κ2) is 8.90. The maximum Gasteiger partial charge on any atom is 0.322 e. The molecule has 30 heavy (non-hydrogen) atoms. The fourth-order valence-corrected chi connectivity index (χ4v) is 4.05. The first-order valence-corrected chi connectivity index (χ1v) is 11.0. The van der Waals surface area contributed by atoms with Gasteiger partial charge in [-0.15, -0.1) is 0 Å². The van der Waals surface area contributed by atoms with Gasteiger partial charge in [0.15, 0.2) is 0 Å². The summed E-state index contributed by atoms with van der Waals surface area (Å²) in [5, 5.41) is 3.00. The maximum absolute atomic E-state index is 12.9. The first-order valence-electron chi connectivity index (χ1n) is 11.0. The lowest BCUT2D eigenvalue weighted by Gasteiger charge is -2.35. The largest absolute Gasteiger partial charge is 0.357 e. The zero-order valence-electron chi connectivity index (χ0n) is 18.3. The second-order valence-electron chi connectivity index (χ2n) is 8.49. The van der Waals surface area contributed by atoms with Crippen LogP contribution in [0.5, 0.6) is 0 Å². The molecule has 1 saturated heterocycles. The molecule has 0 aliphatic carbocycles. The molecule has 1 fully saturated rings. The number of anilines is 3. The molecule has 160 valence electrons. The summed E-state index contributed by atoms with van der Waals surface area (Å²) in [5.41, 5.74) is 2.96. The minimum Gasteiger partial charge on any atom is -0.357 e. The van der Waals surface area contributed by atoms with E-state index in [-0.39, 0.29) is 6.03 Å². The van der Waals surface area contributed by atoms with Crippen LogP contribution in [-0.2, 0) is 13.0 Å². The van der Waals surface area contributed by atoms with E-state index in [1.165, 1.54) is 19.3 Å². The SMILES string of the molecule is CC(C)N(C)c1nc(N2CCCCC2)nc2c1CN(C(=O)Nc1ccccc1)CC2. The third-order valence-electron chi connectivity index (χ3n) is 6.09. The van der Waals surface area contributed by atoms with Crippen LogP contribution in [0.4, 0.5) is 22.2 Å². The van der Waals surface area contributed by atoms with E-state index in [0.717, 1.165) is 48.2 Å². The van der Waals surface area contributed by atoms with Gasteiger partial charge in [-0.25, -0.2) is 9.78 Å². The number of urea groups is 1. The molecule has 1 aromatic carbocycles. The molecule has 1 N–H and O–H groups in total. The van der Waals surface area contributed by atoms with Gasteiger partial charge in [0.1, 0.15) is 5.82 Å². The molecule has 2 aliphatic heterocycles. The van der Waals surface area contributed by atoms with Gasteiger partial charge in [0.2, 0.25) is 5.95 Å². The first-order chi connectivity index (χ1) is 14.5. The summed E-state index contributed by atoms with van der Waals surface area (Å²) in [6.45, 7) is 7.56. The Morgan fingerprint density at radius 3 is 2.50 bits per heavy atom. The molecule has 7 heteroatoms. The van der Waals surface area contributed by atoms with E-state index < -0.39 is 0 Å². The summed E-state index contributed by atoms with van der Waals surface area (Å²) in [6.07, 6.45) is 4.43. The molecule has 2 aromatic rings. The van der Waals surface area contributed by atoms with Crippen LogP contribution in [0.2, 0.25) is 0 Å². The normalized spacial score (nSPS) is 16.4. The van der Waals surface area contributed by atoms with Gasteiger partial charge in [-0.1, -0.05) is 18.2 Å². The highest BCUT2D eigenvalue weighted by Gasteiger charge is 2.28. The second-order valence-corrected chi connectivity index (χ2v) is 8.49. The molecule has 0 atom stereocenters. The van der Waals surface area contributed by atoms with E-state index in [2.05, 4.69) is 36.0 Å². The van der Waals surface area contributed by atoms with Crippen LogP contribution < -0.4 is 15.1 Å². The molecular weight excluding hydrogens is 376 g/mol. The molecule has 7 nitrogen and oxygen atoms in total. The molecule has 2 amide bonds. The molecule has 3 heterocycles. The van der Waals surface area contributed by atoms with Crippen molar-refractivity contribution >= 4 is 23.5 Å². The van der Waals surface area contributed by atoms with Gasteiger partial charge in [-0.05, 0) is 45.2 Å². The Labute approximate surface area is 179 Å². The number of aromatic nitrogens is 2. The number of piperidine rings is 1. The first kappa shape index (κ1) is 20.4. The van der Waals surface area contributed by atoms with Crippen LogP contribution in [0.25, 0.3) is 0 Å². The predicted octanol–water partition coefficient (Wildman–Crippen LogP) is 3.90. The summed E-state index contributed by atoms with van der Waals surface area (Å²) in [4.78, 5) is 29.2. The topological polar surface area (TPSA) is 64.6 Å². The fourth-order valence-electron chi connectivity index (χ4n) is 4.05. The monoisotopic (exact) mass is 408 g/mol. The number of nitrogens with zero attached hydrogens (tertiary/aromatic N) is 5. The summed E-state index contributed by atoms with van der Waals surface area (Å²) in [5.74, 6) is 1.80.